The number of aromatic nitrogens is 1. The molecule has 2 bridgehead atoms. The monoisotopic (exact) mass is 428 g/mol. The summed E-state index contributed by atoms with van der Waals surface area (Å²) < 4.78 is 33.7. The summed E-state index contributed by atoms with van der Waals surface area (Å²) in [7, 11) is 1.45. The second-order valence-corrected chi connectivity index (χ2v) is 9.60. The quantitative estimate of drug-likeness (QED) is 0.764. The van der Waals surface area contributed by atoms with E-state index in [1.165, 1.54) is 25.4 Å². The Kier molecular flexibility index (Phi) is 4.48. The van der Waals surface area contributed by atoms with Crippen molar-refractivity contribution in [2.45, 2.75) is 43.7 Å². The van der Waals surface area contributed by atoms with E-state index in [2.05, 4.69) is 10.3 Å². The van der Waals surface area contributed by atoms with Crippen LogP contribution in [0.1, 0.15) is 43.0 Å². The van der Waals surface area contributed by atoms with Crippen LogP contribution in [-0.2, 0) is 0 Å². The zero-order chi connectivity index (χ0) is 22.0. The summed E-state index contributed by atoms with van der Waals surface area (Å²) >= 11 is 0. The van der Waals surface area contributed by atoms with Crippen LogP contribution in [0.15, 0.2) is 24.4 Å². The van der Waals surface area contributed by atoms with Gasteiger partial charge in [0.15, 0.2) is 0 Å². The van der Waals surface area contributed by atoms with Gasteiger partial charge in [-0.3, -0.25) is 4.79 Å². The predicted molar refractivity (Wildman–Crippen MR) is 113 cm³/mol. The number of amides is 1. The molecule has 2 heterocycles. The number of carbonyl (C=O) groups is 1. The van der Waals surface area contributed by atoms with E-state index >= 15 is 0 Å². The molecule has 31 heavy (non-hydrogen) atoms. The highest BCUT2D eigenvalue weighted by Crippen LogP contribution is 2.57. The minimum absolute atomic E-state index is 0.114. The molecule has 8 heteroatoms. The SMILES string of the molecule is COc1ncc(C(=O)NC23CC(C2)C3)c(N2CC[C@](C)(N)C2)c1-c1cc(F)cc(F)c1. The molecule has 0 spiro atoms. The normalized spacial score (nSPS) is 28.7. The summed E-state index contributed by atoms with van der Waals surface area (Å²) in [6.45, 7) is 3.06. The van der Waals surface area contributed by atoms with Crippen LogP contribution in [0.5, 0.6) is 5.88 Å². The lowest BCUT2D eigenvalue weighted by Gasteiger charge is -2.61. The first-order chi connectivity index (χ1) is 14.7. The zero-order valence-corrected chi connectivity index (χ0v) is 17.7. The summed E-state index contributed by atoms with van der Waals surface area (Å²) in [5.74, 6) is -0.732. The highest BCUT2D eigenvalue weighted by Gasteiger charge is 2.57. The van der Waals surface area contributed by atoms with E-state index in [-0.39, 0.29) is 22.9 Å². The maximum absolute atomic E-state index is 14.1. The second-order valence-electron chi connectivity index (χ2n) is 9.60. The molecule has 0 unspecified atom stereocenters. The largest absolute Gasteiger partial charge is 0.480 e. The minimum atomic E-state index is -0.711. The van der Waals surface area contributed by atoms with Crippen LogP contribution in [0.4, 0.5) is 14.5 Å². The number of hydrogen-bond acceptors (Lipinski definition) is 5. The molecule has 4 aliphatic rings. The van der Waals surface area contributed by atoms with Gasteiger partial charge >= 0.3 is 0 Å². The van der Waals surface area contributed by atoms with E-state index in [1.54, 1.807) is 0 Å². The van der Waals surface area contributed by atoms with Gasteiger partial charge < -0.3 is 20.7 Å². The van der Waals surface area contributed by atoms with Gasteiger partial charge in [-0.25, -0.2) is 13.8 Å². The molecule has 1 atom stereocenters. The molecule has 1 aliphatic heterocycles. The molecule has 1 aromatic carbocycles. The fourth-order valence-electron chi connectivity index (χ4n) is 5.21. The Hall–Kier alpha value is -2.74. The van der Waals surface area contributed by atoms with E-state index < -0.39 is 17.2 Å². The number of anilines is 1. The first kappa shape index (κ1) is 20.2. The maximum atomic E-state index is 14.1. The van der Waals surface area contributed by atoms with Crippen molar-refractivity contribution in [1.82, 2.24) is 10.3 Å². The van der Waals surface area contributed by atoms with Gasteiger partial charge in [0.2, 0.25) is 5.88 Å². The van der Waals surface area contributed by atoms with E-state index in [1.807, 2.05) is 11.8 Å². The van der Waals surface area contributed by atoms with Crippen molar-refractivity contribution >= 4 is 11.6 Å². The summed E-state index contributed by atoms with van der Waals surface area (Å²) in [4.78, 5) is 19.7. The lowest BCUT2D eigenvalue weighted by atomic mass is 9.50. The van der Waals surface area contributed by atoms with Crippen molar-refractivity contribution in [2.24, 2.45) is 11.7 Å². The average Bonchev–Trinajstić information content (AvgIpc) is 3.01. The van der Waals surface area contributed by atoms with E-state index in [4.69, 9.17) is 10.5 Å². The Labute approximate surface area is 179 Å². The van der Waals surface area contributed by atoms with Gasteiger partial charge in [0, 0.05) is 36.4 Å². The summed E-state index contributed by atoms with van der Waals surface area (Å²) in [5, 5.41) is 3.17. The van der Waals surface area contributed by atoms with Crippen molar-refractivity contribution in [3.8, 4) is 17.0 Å². The molecule has 0 radical (unpaired) electrons. The van der Waals surface area contributed by atoms with Crippen LogP contribution in [0.25, 0.3) is 11.1 Å². The summed E-state index contributed by atoms with van der Waals surface area (Å²) in [5.41, 5.74) is 7.39. The maximum Gasteiger partial charge on any atom is 0.255 e. The Morgan fingerprint density at radius 1 is 1.26 bits per heavy atom. The Morgan fingerprint density at radius 3 is 2.45 bits per heavy atom. The fraction of sp³-hybridized carbons (Fsp3) is 0.478. The predicted octanol–water partition coefficient (Wildman–Crippen LogP) is 3.25. The number of benzene rings is 1. The number of halogens is 2. The number of ether oxygens (including phenoxy) is 1. The second kappa shape index (κ2) is 6.88. The van der Waals surface area contributed by atoms with E-state index in [9.17, 15) is 13.6 Å². The third-order valence-electron chi connectivity index (χ3n) is 6.84. The van der Waals surface area contributed by atoms with Crippen LogP contribution in [0.3, 0.4) is 0 Å². The van der Waals surface area contributed by atoms with Crippen molar-refractivity contribution < 1.29 is 18.3 Å². The molecule has 6 nitrogen and oxygen atoms in total. The Morgan fingerprint density at radius 2 is 1.94 bits per heavy atom. The number of nitrogens with two attached hydrogens (primary N) is 1. The molecule has 4 fully saturated rings. The van der Waals surface area contributed by atoms with Crippen LogP contribution in [0, 0.1) is 17.6 Å². The van der Waals surface area contributed by atoms with Crippen LogP contribution >= 0.6 is 0 Å². The van der Waals surface area contributed by atoms with Gasteiger partial charge in [-0.1, -0.05) is 0 Å². The van der Waals surface area contributed by atoms with Gasteiger partial charge in [-0.05, 0) is 56.2 Å². The third kappa shape index (κ3) is 3.43. The highest BCUT2D eigenvalue weighted by atomic mass is 19.1. The highest BCUT2D eigenvalue weighted by molar-refractivity contribution is 6.04. The Bertz CT molecular complexity index is 1030. The number of pyridine rings is 1. The smallest absolute Gasteiger partial charge is 0.255 e. The molecular formula is C23H26F2N4O2. The molecular weight excluding hydrogens is 402 g/mol. The molecule has 1 aromatic heterocycles. The number of hydrogen-bond donors (Lipinski definition) is 2. The van der Waals surface area contributed by atoms with Gasteiger partial charge in [-0.2, -0.15) is 0 Å². The van der Waals surface area contributed by atoms with Crippen molar-refractivity contribution in [3.05, 3.63) is 41.6 Å². The first-order valence-electron chi connectivity index (χ1n) is 10.6. The van der Waals surface area contributed by atoms with Crippen LogP contribution in [-0.4, -0.2) is 42.2 Å². The number of nitrogens with zero attached hydrogens (tertiary/aromatic N) is 2. The zero-order valence-electron chi connectivity index (χ0n) is 17.7. The lowest BCUT2D eigenvalue weighted by molar-refractivity contribution is -0.0438. The van der Waals surface area contributed by atoms with Crippen molar-refractivity contribution in [2.75, 3.05) is 25.1 Å². The lowest BCUT2D eigenvalue weighted by Crippen LogP contribution is -2.68. The molecule has 3 N–H and O–H groups in total. The molecule has 164 valence electrons. The Balaban J connectivity index is 1.66. The molecule has 3 saturated carbocycles. The van der Waals surface area contributed by atoms with Gasteiger partial charge in [0.05, 0.1) is 23.9 Å². The summed E-state index contributed by atoms with van der Waals surface area (Å²) in [6, 6.07) is 3.27. The third-order valence-corrected chi connectivity index (χ3v) is 6.84. The topological polar surface area (TPSA) is 80.5 Å². The molecule has 1 saturated heterocycles. The molecule has 6 rings (SSSR count). The first-order valence-corrected chi connectivity index (χ1v) is 10.6. The molecule has 3 aliphatic carbocycles. The molecule has 1 amide bonds. The van der Waals surface area contributed by atoms with Crippen molar-refractivity contribution in [3.63, 3.8) is 0 Å². The fourth-order valence-corrected chi connectivity index (χ4v) is 5.21. The number of nitrogens with one attached hydrogen (secondary N) is 1. The minimum Gasteiger partial charge on any atom is -0.480 e. The van der Waals surface area contributed by atoms with E-state index in [0.29, 0.717) is 29.9 Å². The van der Waals surface area contributed by atoms with Crippen LogP contribution in [0.2, 0.25) is 0 Å². The number of rotatable bonds is 5. The van der Waals surface area contributed by atoms with E-state index in [0.717, 1.165) is 37.7 Å². The average molecular weight is 428 g/mol. The summed E-state index contributed by atoms with van der Waals surface area (Å²) in [6.07, 6.45) is 5.22. The van der Waals surface area contributed by atoms with Gasteiger partial charge in [0.1, 0.15) is 11.6 Å². The number of methoxy groups -OCH3 is 1. The number of carbonyl (C=O) groups excluding carboxylic acids is 1. The van der Waals surface area contributed by atoms with Gasteiger partial charge in [0.25, 0.3) is 5.91 Å². The van der Waals surface area contributed by atoms with Gasteiger partial charge in [-0.15, -0.1) is 0 Å². The van der Waals surface area contributed by atoms with Crippen LogP contribution < -0.4 is 20.7 Å². The standard InChI is InChI=1S/C23H26F2N4O2/c1-22(26)3-4-29(12-22)19-17(20(30)28-23-8-13(9-23)10-23)11-27-21(31-2)18(19)14-5-15(24)7-16(25)6-14/h5-7,11,13H,3-4,8-10,12,26H2,1-2H3,(H,28,30)/t13?,22-,23?/m0/s1. The van der Waals surface area contributed by atoms with Crippen molar-refractivity contribution in [1.29, 1.82) is 0 Å². The molecule has 2 aromatic rings.